The summed E-state index contributed by atoms with van der Waals surface area (Å²) in [5.41, 5.74) is 1.72. The highest BCUT2D eigenvalue weighted by molar-refractivity contribution is 6.00. The van der Waals surface area contributed by atoms with E-state index < -0.39 is 0 Å². The molecule has 0 radical (unpaired) electrons. The first-order chi connectivity index (χ1) is 9.10. The quantitative estimate of drug-likeness (QED) is 0.839. The van der Waals surface area contributed by atoms with E-state index in [1.807, 2.05) is 25.1 Å². The number of aryl methyl sites for hydroxylation is 1. The lowest BCUT2D eigenvalue weighted by molar-refractivity contribution is 0.0709. The maximum absolute atomic E-state index is 12.3. The van der Waals surface area contributed by atoms with Crippen LogP contribution in [0.4, 0.5) is 0 Å². The van der Waals surface area contributed by atoms with Crippen LogP contribution in [0.5, 0.6) is 5.75 Å². The minimum Gasteiger partial charge on any atom is -0.496 e. The van der Waals surface area contributed by atoms with Crippen LogP contribution in [0.1, 0.15) is 28.8 Å². The van der Waals surface area contributed by atoms with Crippen LogP contribution in [-0.4, -0.2) is 48.6 Å². The molecule has 0 amide bonds. The second kappa shape index (κ2) is 6.17. The molecule has 1 saturated heterocycles. The third kappa shape index (κ3) is 3.55. The van der Waals surface area contributed by atoms with E-state index >= 15 is 0 Å². The van der Waals surface area contributed by atoms with Crippen LogP contribution in [-0.2, 0) is 0 Å². The Hall–Kier alpha value is -1.39. The van der Waals surface area contributed by atoms with Crippen LogP contribution in [0.3, 0.4) is 0 Å². The number of nitrogens with zero attached hydrogens (tertiary/aromatic N) is 1. The Morgan fingerprint density at radius 3 is 2.74 bits per heavy atom. The Balaban J connectivity index is 2.03. The summed E-state index contributed by atoms with van der Waals surface area (Å²) in [6.45, 7) is 3.93. The second-order valence-electron chi connectivity index (χ2n) is 5.13. The summed E-state index contributed by atoms with van der Waals surface area (Å²) < 4.78 is 5.27. The fourth-order valence-electron chi connectivity index (χ4n) is 2.39. The zero-order chi connectivity index (χ0) is 13.8. The highest BCUT2D eigenvalue weighted by Gasteiger charge is 2.21. The SMILES string of the molecule is COc1cc(C)ccc1C(=O)CN1CCC(O)CC1. The molecule has 4 heteroatoms. The number of rotatable bonds is 4. The van der Waals surface area contributed by atoms with Gasteiger partial charge in [-0.05, 0) is 37.5 Å². The predicted octanol–water partition coefficient (Wildman–Crippen LogP) is 1.64. The van der Waals surface area contributed by atoms with E-state index in [9.17, 15) is 9.90 Å². The van der Waals surface area contributed by atoms with Crippen LogP contribution in [0.15, 0.2) is 18.2 Å². The van der Waals surface area contributed by atoms with Crippen molar-refractivity contribution in [3.8, 4) is 5.75 Å². The number of methoxy groups -OCH3 is 1. The van der Waals surface area contributed by atoms with E-state index in [-0.39, 0.29) is 11.9 Å². The Kier molecular flexibility index (Phi) is 4.56. The summed E-state index contributed by atoms with van der Waals surface area (Å²) >= 11 is 0. The molecular formula is C15H21NO3. The van der Waals surface area contributed by atoms with Crippen LogP contribution in [0.2, 0.25) is 0 Å². The van der Waals surface area contributed by atoms with Crippen molar-refractivity contribution in [2.24, 2.45) is 0 Å². The largest absolute Gasteiger partial charge is 0.496 e. The first kappa shape index (κ1) is 14.0. The molecule has 0 atom stereocenters. The van der Waals surface area contributed by atoms with E-state index in [0.717, 1.165) is 31.5 Å². The van der Waals surface area contributed by atoms with Crippen LogP contribution < -0.4 is 4.74 Å². The molecule has 0 aromatic heterocycles. The van der Waals surface area contributed by atoms with Gasteiger partial charge in [0.05, 0.1) is 25.3 Å². The Labute approximate surface area is 114 Å². The van der Waals surface area contributed by atoms with Crippen LogP contribution in [0.25, 0.3) is 0 Å². The van der Waals surface area contributed by atoms with E-state index in [4.69, 9.17) is 4.74 Å². The Morgan fingerprint density at radius 1 is 1.42 bits per heavy atom. The lowest BCUT2D eigenvalue weighted by Crippen LogP contribution is -2.39. The van der Waals surface area contributed by atoms with Gasteiger partial charge in [0.2, 0.25) is 0 Å². The number of ketones is 1. The highest BCUT2D eigenvalue weighted by atomic mass is 16.5. The molecule has 1 aromatic rings. The molecule has 0 spiro atoms. The maximum Gasteiger partial charge on any atom is 0.180 e. The van der Waals surface area contributed by atoms with Gasteiger partial charge >= 0.3 is 0 Å². The third-order valence-electron chi connectivity index (χ3n) is 3.58. The average molecular weight is 263 g/mol. The first-order valence-electron chi connectivity index (χ1n) is 6.68. The third-order valence-corrected chi connectivity index (χ3v) is 3.58. The van der Waals surface area contributed by atoms with Gasteiger partial charge in [-0.3, -0.25) is 9.69 Å². The van der Waals surface area contributed by atoms with Crippen molar-refractivity contribution in [2.75, 3.05) is 26.7 Å². The van der Waals surface area contributed by atoms with Gasteiger partial charge in [0.15, 0.2) is 5.78 Å². The van der Waals surface area contributed by atoms with Gasteiger partial charge in [0.25, 0.3) is 0 Å². The van der Waals surface area contributed by atoms with E-state index in [1.165, 1.54) is 0 Å². The summed E-state index contributed by atoms with van der Waals surface area (Å²) in [7, 11) is 1.59. The van der Waals surface area contributed by atoms with Crippen molar-refractivity contribution in [3.05, 3.63) is 29.3 Å². The van der Waals surface area contributed by atoms with E-state index in [2.05, 4.69) is 4.90 Å². The van der Waals surface area contributed by atoms with Crippen molar-refractivity contribution in [2.45, 2.75) is 25.9 Å². The van der Waals surface area contributed by atoms with Crippen LogP contribution in [0, 0.1) is 6.92 Å². The summed E-state index contributed by atoms with van der Waals surface area (Å²) in [4.78, 5) is 14.4. The van der Waals surface area contributed by atoms with Crippen molar-refractivity contribution >= 4 is 5.78 Å². The molecule has 1 N–H and O–H groups in total. The van der Waals surface area contributed by atoms with Gasteiger partial charge in [-0.15, -0.1) is 0 Å². The molecule has 1 heterocycles. The lowest BCUT2D eigenvalue weighted by atomic mass is 10.0. The number of likely N-dealkylation sites (tertiary alicyclic amines) is 1. The Bertz CT molecular complexity index is 451. The molecule has 4 nitrogen and oxygen atoms in total. The van der Waals surface area contributed by atoms with Crippen molar-refractivity contribution in [1.82, 2.24) is 4.90 Å². The number of aliphatic hydroxyl groups is 1. The van der Waals surface area contributed by atoms with Crippen molar-refractivity contribution < 1.29 is 14.6 Å². The lowest BCUT2D eigenvalue weighted by Gasteiger charge is -2.28. The summed E-state index contributed by atoms with van der Waals surface area (Å²) in [6.07, 6.45) is 1.29. The molecule has 1 aliphatic rings. The molecule has 1 fully saturated rings. The topological polar surface area (TPSA) is 49.8 Å². The number of piperidine rings is 1. The van der Waals surface area contributed by atoms with E-state index in [1.54, 1.807) is 7.11 Å². The number of hydrogen-bond donors (Lipinski definition) is 1. The fourth-order valence-corrected chi connectivity index (χ4v) is 2.39. The highest BCUT2D eigenvalue weighted by Crippen LogP contribution is 2.21. The zero-order valence-electron chi connectivity index (χ0n) is 11.6. The maximum atomic E-state index is 12.3. The number of ether oxygens (including phenoxy) is 1. The number of carbonyl (C=O) groups excluding carboxylic acids is 1. The predicted molar refractivity (Wildman–Crippen MR) is 73.7 cm³/mol. The number of benzene rings is 1. The van der Waals surface area contributed by atoms with Gasteiger partial charge in [0.1, 0.15) is 5.75 Å². The summed E-state index contributed by atoms with van der Waals surface area (Å²) in [5.74, 6) is 0.718. The molecule has 2 rings (SSSR count). The fraction of sp³-hybridized carbons (Fsp3) is 0.533. The summed E-state index contributed by atoms with van der Waals surface area (Å²) in [5, 5.41) is 9.46. The Morgan fingerprint density at radius 2 is 2.11 bits per heavy atom. The minimum absolute atomic E-state index is 0.0771. The van der Waals surface area contributed by atoms with Gasteiger partial charge < -0.3 is 9.84 Å². The normalized spacial score (nSPS) is 17.4. The van der Waals surface area contributed by atoms with Gasteiger partial charge in [-0.2, -0.15) is 0 Å². The molecule has 0 saturated carbocycles. The van der Waals surface area contributed by atoms with Crippen molar-refractivity contribution in [1.29, 1.82) is 0 Å². The monoisotopic (exact) mass is 263 g/mol. The molecule has 1 aliphatic heterocycles. The molecule has 104 valence electrons. The minimum atomic E-state index is -0.208. The molecule has 0 bridgehead atoms. The van der Waals surface area contributed by atoms with Crippen molar-refractivity contribution in [3.63, 3.8) is 0 Å². The summed E-state index contributed by atoms with van der Waals surface area (Å²) in [6, 6.07) is 5.64. The molecule has 19 heavy (non-hydrogen) atoms. The van der Waals surface area contributed by atoms with Gasteiger partial charge in [-0.25, -0.2) is 0 Å². The molecule has 0 aliphatic carbocycles. The van der Waals surface area contributed by atoms with Gasteiger partial charge in [0, 0.05) is 13.1 Å². The first-order valence-corrected chi connectivity index (χ1v) is 6.68. The zero-order valence-corrected chi connectivity index (χ0v) is 11.6. The molecular weight excluding hydrogens is 242 g/mol. The van der Waals surface area contributed by atoms with E-state index in [0.29, 0.717) is 17.9 Å². The van der Waals surface area contributed by atoms with Crippen LogP contribution >= 0.6 is 0 Å². The smallest absolute Gasteiger partial charge is 0.180 e. The standard InChI is InChI=1S/C15H21NO3/c1-11-3-4-13(15(9-11)19-2)14(18)10-16-7-5-12(17)6-8-16/h3-4,9,12,17H,5-8,10H2,1-2H3. The number of aliphatic hydroxyl groups excluding tert-OH is 1. The molecule has 1 aromatic carbocycles. The van der Waals surface area contributed by atoms with Gasteiger partial charge in [-0.1, -0.05) is 6.07 Å². The molecule has 0 unspecified atom stereocenters. The number of Topliss-reactive ketones (excluding diaryl/α,β-unsaturated/α-hetero) is 1. The number of carbonyl (C=O) groups is 1. The average Bonchev–Trinajstić information content (AvgIpc) is 2.41. The number of hydrogen-bond acceptors (Lipinski definition) is 4. The second-order valence-corrected chi connectivity index (χ2v) is 5.13.